The van der Waals surface area contributed by atoms with E-state index in [1.165, 1.54) is 18.2 Å². The van der Waals surface area contributed by atoms with Gasteiger partial charge in [-0.1, -0.05) is 35.9 Å². The van der Waals surface area contributed by atoms with Gasteiger partial charge in [0.25, 0.3) is 0 Å². The van der Waals surface area contributed by atoms with Crippen LogP contribution in [0.25, 0.3) is 0 Å². The summed E-state index contributed by atoms with van der Waals surface area (Å²) in [6.07, 6.45) is 1.52. The second kappa shape index (κ2) is 9.00. The third-order valence-electron chi connectivity index (χ3n) is 3.69. The first-order chi connectivity index (χ1) is 12.3. The Morgan fingerprint density at radius 3 is 2.58 bits per heavy atom. The molecule has 2 aromatic carbocycles. The van der Waals surface area contributed by atoms with E-state index in [1.54, 1.807) is 12.1 Å². The lowest BCUT2D eigenvalue weighted by molar-refractivity contribution is -0.120. The third kappa shape index (κ3) is 6.00. The standard InChI is InChI=1S/C18H20ClFN2O3S/c1-26(24,25)22(17-8-3-2-7-16(17)20)12-10-18(23)21-11-9-14-5-4-6-15(19)13-14/h2-8,13H,9-12H2,1H3,(H,21,23). The zero-order valence-corrected chi connectivity index (χ0v) is 15.9. The number of rotatable bonds is 8. The number of sulfonamides is 1. The summed E-state index contributed by atoms with van der Waals surface area (Å²) in [6.45, 7) is 0.264. The quantitative estimate of drug-likeness (QED) is 0.743. The molecule has 0 radical (unpaired) electrons. The van der Waals surface area contributed by atoms with Crippen LogP contribution in [0, 0.1) is 5.82 Å². The molecule has 2 aromatic rings. The molecule has 0 saturated heterocycles. The lowest BCUT2D eigenvalue weighted by Crippen LogP contribution is -2.35. The van der Waals surface area contributed by atoms with Gasteiger partial charge in [0.2, 0.25) is 15.9 Å². The van der Waals surface area contributed by atoms with Gasteiger partial charge in [0.15, 0.2) is 0 Å². The van der Waals surface area contributed by atoms with E-state index in [-0.39, 0.29) is 24.6 Å². The van der Waals surface area contributed by atoms with Gasteiger partial charge in [-0.25, -0.2) is 12.8 Å². The van der Waals surface area contributed by atoms with Crippen molar-refractivity contribution in [1.82, 2.24) is 5.32 Å². The average molecular weight is 399 g/mol. The maximum absolute atomic E-state index is 13.9. The van der Waals surface area contributed by atoms with Crippen LogP contribution in [-0.2, 0) is 21.2 Å². The molecule has 140 valence electrons. The van der Waals surface area contributed by atoms with Crippen molar-refractivity contribution in [2.24, 2.45) is 0 Å². The van der Waals surface area contributed by atoms with Gasteiger partial charge >= 0.3 is 0 Å². The number of halogens is 2. The summed E-state index contributed by atoms with van der Waals surface area (Å²) in [5.41, 5.74) is 0.920. The Labute approximate surface area is 157 Å². The number of hydrogen-bond acceptors (Lipinski definition) is 3. The van der Waals surface area contributed by atoms with Crippen molar-refractivity contribution in [3.63, 3.8) is 0 Å². The third-order valence-corrected chi connectivity index (χ3v) is 5.10. The van der Waals surface area contributed by atoms with E-state index in [0.29, 0.717) is 18.0 Å². The zero-order chi connectivity index (χ0) is 19.2. The molecule has 0 spiro atoms. The van der Waals surface area contributed by atoms with E-state index in [9.17, 15) is 17.6 Å². The van der Waals surface area contributed by atoms with Crippen molar-refractivity contribution in [3.8, 4) is 0 Å². The fourth-order valence-corrected chi connectivity index (χ4v) is 3.59. The summed E-state index contributed by atoms with van der Waals surface area (Å²) >= 11 is 5.90. The Balaban J connectivity index is 1.90. The van der Waals surface area contributed by atoms with Crippen molar-refractivity contribution < 1.29 is 17.6 Å². The Bertz CT molecular complexity index is 874. The van der Waals surface area contributed by atoms with Crippen LogP contribution in [0.2, 0.25) is 5.02 Å². The smallest absolute Gasteiger partial charge is 0.232 e. The Morgan fingerprint density at radius 1 is 1.19 bits per heavy atom. The largest absolute Gasteiger partial charge is 0.356 e. The molecule has 0 fully saturated rings. The molecule has 0 saturated carbocycles. The Morgan fingerprint density at radius 2 is 1.92 bits per heavy atom. The molecule has 26 heavy (non-hydrogen) atoms. The molecule has 0 atom stereocenters. The van der Waals surface area contributed by atoms with Gasteiger partial charge in [-0.15, -0.1) is 0 Å². The van der Waals surface area contributed by atoms with Crippen molar-refractivity contribution >= 4 is 33.2 Å². The highest BCUT2D eigenvalue weighted by atomic mass is 35.5. The number of carbonyl (C=O) groups excluding carboxylic acids is 1. The second-order valence-electron chi connectivity index (χ2n) is 5.77. The number of para-hydroxylation sites is 1. The summed E-state index contributed by atoms with van der Waals surface area (Å²) in [4.78, 5) is 12.0. The monoisotopic (exact) mass is 398 g/mol. The molecule has 0 aliphatic carbocycles. The van der Waals surface area contributed by atoms with Gasteiger partial charge in [0, 0.05) is 24.5 Å². The SMILES string of the molecule is CS(=O)(=O)N(CCC(=O)NCCc1cccc(Cl)c1)c1ccccc1F. The van der Waals surface area contributed by atoms with Crippen LogP contribution in [0.4, 0.5) is 10.1 Å². The van der Waals surface area contributed by atoms with Crippen LogP contribution in [0.5, 0.6) is 0 Å². The summed E-state index contributed by atoms with van der Waals surface area (Å²) in [5.74, 6) is -0.962. The van der Waals surface area contributed by atoms with Crippen molar-refractivity contribution in [2.75, 3.05) is 23.7 Å². The summed E-state index contributed by atoms with van der Waals surface area (Å²) in [5, 5.41) is 3.35. The minimum atomic E-state index is -3.71. The van der Waals surface area contributed by atoms with Crippen LogP contribution in [0.15, 0.2) is 48.5 Å². The summed E-state index contributed by atoms with van der Waals surface area (Å²) < 4.78 is 38.7. The first-order valence-corrected chi connectivity index (χ1v) is 10.2. The van der Waals surface area contributed by atoms with Gasteiger partial charge in [-0.2, -0.15) is 0 Å². The molecule has 0 bridgehead atoms. The Hall–Kier alpha value is -2.12. The molecule has 1 N–H and O–H groups in total. The van der Waals surface area contributed by atoms with Gasteiger partial charge in [-0.3, -0.25) is 9.10 Å². The van der Waals surface area contributed by atoms with E-state index in [4.69, 9.17) is 11.6 Å². The molecule has 2 rings (SSSR count). The molecule has 1 amide bonds. The predicted molar refractivity (Wildman–Crippen MR) is 101 cm³/mol. The maximum atomic E-state index is 13.9. The van der Waals surface area contributed by atoms with Crippen LogP contribution in [0.3, 0.4) is 0 Å². The molecular formula is C18H20ClFN2O3S. The van der Waals surface area contributed by atoms with Gasteiger partial charge in [0.1, 0.15) is 5.82 Å². The Kier molecular flexibility index (Phi) is 6.99. The first kappa shape index (κ1) is 20.2. The highest BCUT2D eigenvalue weighted by Gasteiger charge is 2.21. The minimum Gasteiger partial charge on any atom is -0.356 e. The zero-order valence-electron chi connectivity index (χ0n) is 14.3. The highest BCUT2D eigenvalue weighted by Crippen LogP contribution is 2.21. The molecular weight excluding hydrogens is 379 g/mol. The molecule has 5 nitrogen and oxygen atoms in total. The van der Waals surface area contributed by atoms with E-state index in [1.807, 2.05) is 18.2 Å². The molecule has 0 aliphatic heterocycles. The second-order valence-corrected chi connectivity index (χ2v) is 8.11. The number of nitrogens with zero attached hydrogens (tertiary/aromatic N) is 1. The van der Waals surface area contributed by atoms with Crippen LogP contribution >= 0.6 is 11.6 Å². The maximum Gasteiger partial charge on any atom is 0.232 e. The molecule has 8 heteroatoms. The predicted octanol–water partition coefficient (Wildman–Crippen LogP) is 2.99. The molecule has 0 heterocycles. The number of nitrogens with one attached hydrogen (secondary N) is 1. The number of hydrogen-bond donors (Lipinski definition) is 1. The van der Waals surface area contributed by atoms with Crippen LogP contribution in [0.1, 0.15) is 12.0 Å². The lowest BCUT2D eigenvalue weighted by Gasteiger charge is -2.22. The van der Waals surface area contributed by atoms with Gasteiger partial charge in [-0.05, 0) is 36.2 Å². The fourth-order valence-electron chi connectivity index (χ4n) is 2.45. The first-order valence-electron chi connectivity index (χ1n) is 8.01. The van der Waals surface area contributed by atoms with E-state index in [2.05, 4.69) is 5.32 Å². The van der Waals surface area contributed by atoms with E-state index < -0.39 is 15.8 Å². The minimum absolute atomic E-state index is 0.0678. The van der Waals surface area contributed by atoms with Crippen molar-refractivity contribution in [3.05, 3.63) is 64.9 Å². The highest BCUT2D eigenvalue weighted by molar-refractivity contribution is 7.92. The van der Waals surface area contributed by atoms with Crippen molar-refractivity contribution in [1.29, 1.82) is 0 Å². The average Bonchev–Trinajstić information content (AvgIpc) is 2.55. The van der Waals surface area contributed by atoms with E-state index in [0.717, 1.165) is 16.1 Å². The summed E-state index contributed by atoms with van der Waals surface area (Å²) in [6, 6.07) is 12.9. The van der Waals surface area contributed by atoms with Gasteiger partial charge in [0.05, 0.1) is 11.9 Å². The topological polar surface area (TPSA) is 66.5 Å². The fraction of sp³-hybridized carbons (Fsp3) is 0.278. The number of anilines is 1. The molecule has 0 unspecified atom stereocenters. The molecule has 0 aromatic heterocycles. The number of benzene rings is 2. The van der Waals surface area contributed by atoms with Crippen molar-refractivity contribution in [2.45, 2.75) is 12.8 Å². The van der Waals surface area contributed by atoms with Gasteiger partial charge < -0.3 is 5.32 Å². The molecule has 0 aliphatic rings. The number of amides is 1. The van der Waals surface area contributed by atoms with E-state index >= 15 is 0 Å². The lowest BCUT2D eigenvalue weighted by atomic mass is 10.1. The number of carbonyl (C=O) groups is 1. The normalized spacial score (nSPS) is 11.2. The van der Waals surface area contributed by atoms with Crippen LogP contribution < -0.4 is 9.62 Å². The summed E-state index contributed by atoms with van der Waals surface area (Å²) in [7, 11) is -3.71. The van der Waals surface area contributed by atoms with Crippen LogP contribution in [-0.4, -0.2) is 33.7 Å².